The molecule has 6 nitrogen and oxygen atoms in total. The van der Waals surface area contributed by atoms with Crippen molar-refractivity contribution in [3.8, 4) is 0 Å². The molecule has 2 atom stereocenters. The molecular formula is C18H26N2O4S. The Morgan fingerprint density at radius 2 is 1.80 bits per heavy atom. The number of hydrogen-bond donors (Lipinski definition) is 1. The molecule has 1 aromatic rings. The number of carbonyl (C=O) groups excluding carboxylic acids is 1. The molecule has 3 rings (SSSR count). The van der Waals surface area contributed by atoms with Crippen LogP contribution in [0.25, 0.3) is 0 Å². The molecule has 0 aliphatic carbocycles. The van der Waals surface area contributed by atoms with Crippen molar-refractivity contribution in [2.45, 2.75) is 48.7 Å². The number of piperidine rings is 1. The van der Waals surface area contributed by atoms with E-state index in [1.165, 1.54) is 32.1 Å². The predicted molar refractivity (Wildman–Crippen MR) is 95.4 cm³/mol. The van der Waals surface area contributed by atoms with Gasteiger partial charge in [0.1, 0.15) is 0 Å². The molecule has 2 fully saturated rings. The van der Waals surface area contributed by atoms with Crippen molar-refractivity contribution in [3.05, 3.63) is 29.8 Å². The first-order valence-corrected chi connectivity index (χ1v) is 10.4. The van der Waals surface area contributed by atoms with Crippen LogP contribution in [-0.4, -0.2) is 63.9 Å². The van der Waals surface area contributed by atoms with Gasteiger partial charge in [-0.05, 0) is 49.9 Å². The van der Waals surface area contributed by atoms with E-state index in [1.54, 1.807) is 12.1 Å². The number of benzene rings is 1. The molecule has 2 heterocycles. The summed E-state index contributed by atoms with van der Waals surface area (Å²) in [6.07, 6.45) is 4.36. The smallest absolute Gasteiger partial charge is 0.253 e. The number of ether oxygens (including phenoxy) is 1. The Morgan fingerprint density at radius 3 is 2.36 bits per heavy atom. The van der Waals surface area contributed by atoms with Crippen LogP contribution in [0.2, 0.25) is 0 Å². The molecule has 0 spiro atoms. The Hall–Kier alpha value is -1.44. The van der Waals surface area contributed by atoms with E-state index in [0.29, 0.717) is 17.6 Å². The first kappa shape index (κ1) is 18.4. The zero-order valence-electron chi connectivity index (χ0n) is 14.8. The van der Waals surface area contributed by atoms with E-state index >= 15 is 0 Å². The maximum atomic E-state index is 12.7. The van der Waals surface area contributed by atoms with Gasteiger partial charge in [-0.1, -0.05) is 0 Å². The van der Waals surface area contributed by atoms with Gasteiger partial charge >= 0.3 is 0 Å². The normalized spacial score (nSPS) is 25.8. The molecule has 2 aliphatic heterocycles. The van der Waals surface area contributed by atoms with Crippen molar-refractivity contribution in [2.75, 3.05) is 26.5 Å². The molecule has 1 N–H and O–H groups in total. The highest BCUT2D eigenvalue weighted by Gasteiger charge is 2.36. The van der Waals surface area contributed by atoms with Crippen LogP contribution in [0.5, 0.6) is 0 Å². The summed E-state index contributed by atoms with van der Waals surface area (Å²) in [7, 11) is -0.0496. The van der Waals surface area contributed by atoms with Crippen molar-refractivity contribution < 1.29 is 17.9 Å². The average Bonchev–Trinajstić information content (AvgIpc) is 2.96. The number of sulfone groups is 1. The van der Waals surface area contributed by atoms with Crippen LogP contribution < -0.4 is 5.32 Å². The van der Waals surface area contributed by atoms with Crippen LogP contribution in [-0.2, 0) is 14.6 Å². The SMILES string of the molecule is COCCS(=O)(=O)c1ccc(C(=O)N(C)C2CC3CCC(C2)N3)cc1. The largest absolute Gasteiger partial charge is 0.384 e. The number of rotatable bonds is 6. The van der Waals surface area contributed by atoms with Gasteiger partial charge in [-0.2, -0.15) is 0 Å². The molecule has 0 aromatic heterocycles. The summed E-state index contributed by atoms with van der Waals surface area (Å²) in [5.74, 6) is -0.110. The molecule has 2 bridgehead atoms. The standard InChI is InChI=1S/C18H26N2O4S/c1-20(16-11-14-5-6-15(12-16)19-14)18(21)13-3-7-17(8-4-13)25(22,23)10-9-24-2/h3-4,7-8,14-16,19H,5-6,9-12H2,1-2H3. The maximum Gasteiger partial charge on any atom is 0.253 e. The average molecular weight is 366 g/mol. The van der Waals surface area contributed by atoms with Gasteiger partial charge in [-0.15, -0.1) is 0 Å². The topological polar surface area (TPSA) is 75.7 Å². The van der Waals surface area contributed by atoms with Crippen molar-refractivity contribution in [1.82, 2.24) is 10.2 Å². The maximum absolute atomic E-state index is 12.7. The lowest BCUT2D eigenvalue weighted by molar-refractivity contribution is 0.0681. The van der Waals surface area contributed by atoms with Crippen molar-refractivity contribution in [1.29, 1.82) is 0 Å². The Labute approximate surface area is 149 Å². The number of hydrogen-bond acceptors (Lipinski definition) is 5. The minimum absolute atomic E-state index is 0.0489. The van der Waals surface area contributed by atoms with E-state index in [2.05, 4.69) is 5.32 Å². The lowest BCUT2D eigenvalue weighted by atomic mass is 9.98. The second kappa shape index (κ2) is 7.43. The van der Waals surface area contributed by atoms with Gasteiger partial charge in [0, 0.05) is 37.8 Å². The molecule has 138 valence electrons. The second-order valence-corrected chi connectivity index (χ2v) is 9.12. The fourth-order valence-corrected chi connectivity index (χ4v) is 5.00. The Kier molecular flexibility index (Phi) is 5.46. The van der Waals surface area contributed by atoms with Crippen LogP contribution in [0.3, 0.4) is 0 Å². The van der Waals surface area contributed by atoms with Gasteiger partial charge in [-0.25, -0.2) is 8.42 Å². The Balaban J connectivity index is 1.68. The predicted octanol–water partition coefficient (Wildman–Crippen LogP) is 1.46. The van der Waals surface area contributed by atoms with E-state index in [1.807, 2.05) is 11.9 Å². The molecule has 1 aromatic carbocycles. The van der Waals surface area contributed by atoms with Crippen molar-refractivity contribution in [2.24, 2.45) is 0 Å². The lowest BCUT2D eigenvalue weighted by Crippen LogP contribution is -2.48. The van der Waals surface area contributed by atoms with Gasteiger partial charge in [0.15, 0.2) is 9.84 Å². The summed E-state index contributed by atoms with van der Waals surface area (Å²) < 4.78 is 29.1. The van der Waals surface area contributed by atoms with Gasteiger partial charge in [-0.3, -0.25) is 4.79 Å². The highest BCUT2D eigenvalue weighted by Crippen LogP contribution is 2.30. The summed E-state index contributed by atoms with van der Waals surface area (Å²) in [6, 6.07) is 7.52. The van der Waals surface area contributed by atoms with Gasteiger partial charge in [0.05, 0.1) is 17.3 Å². The van der Waals surface area contributed by atoms with Crippen LogP contribution in [0.1, 0.15) is 36.0 Å². The molecule has 25 heavy (non-hydrogen) atoms. The molecule has 0 saturated carbocycles. The number of nitrogens with zero attached hydrogens (tertiary/aromatic N) is 1. The molecule has 2 saturated heterocycles. The second-order valence-electron chi connectivity index (χ2n) is 7.02. The van der Waals surface area contributed by atoms with Gasteiger partial charge in [0.25, 0.3) is 5.91 Å². The number of methoxy groups -OCH3 is 1. The quantitative estimate of drug-likeness (QED) is 0.825. The first-order chi connectivity index (χ1) is 11.9. The first-order valence-electron chi connectivity index (χ1n) is 8.75. The van der Waals surface area contributed by atoms with Crippen LogP contribution in [0, 0.1) is 0 Å². The highest BCUT2D eigenvalue weighted by molar-refractivity contribution is 7.91. The summed E-state index contributed by atoms with van der Waals surface area (Å²) in [5.41, 5.74) is 0.527. The summed E-state index contributed by atoms with van der Waals surface area (Å²) in [6.45, 7) is 0.157. The van der Waals surface area contributed by atoms with Crippen molar-refractivity contribution >= 4 is 15.7 Å². The molecule has 2 aliphatic rings. The Bertz CT molecular complexity index is 705. The van der Waals surface area contributed by atoms with E-state index in [-0.39, 0.29) is 29.2 Å². The summed E-state index contributed by atoms with van der Waals surface area (Å²) in [4.78, 5) is 14.8. The zero-order chi connectivity index (χ0) is 18.0. The van der Waals surface area contributed by atoms with Crippen LogP contribution in [0.4, 0.5) is 0 Å². The van der Waals surface area contributed by atoms with Gasteiger partial charge < -0.3 is 15.0 Å². The van der Waals surface area contributed by atoms with Crippen molar-refractivity contribution in [3.63, 3.8) is 0 Å². The molecule has 2 unspecified atom stereocenters. The molecule has 0 radical (unpaired) electrons. The monoisotopic (exact) mass is 366 g/mol. The number of fused-ring (bicyclic) bond motifs is 2. The minimum Gasteiger partial charge on any atom is -0.384 e. The summed E-state index contributed by atoms with van der Waals surface area (Å²) in [5, 5.41) is 3.58. The lowest BCUT2D eigenvalue weighted by Gasteiger charge is -2.35. The van der Waals surface area contributed by atoms with E-state index in [0.717, 1.165) is 12.8 Å². The number of carbonyl (C=O) groups is 1. The highest BCUT2D eigenvalue weighted by atomic mass is 32.2. The summed E-state index contributed by atoms with van der Waals surface area (Å²) >= 11 is 0. The number of nitrogens with one attached hydrogen (secondary N) is 1. The fourth-order valence-electron chi connectivity index (χ4n) is 3.83. The minimum atomic E-state index is -3.37. The van der Waals surface area contributed by atoms with Crippen LogP contribution >= 0.6 is 0 Å². The van der Waals surface area contributed by atoms with Gasteiger partial charge in [0.2, 0.25) is 0 Å². The molecule has 7 heteroatoms. The third kappa shape index (κ3) is 4.04. The zero-order valence-corrected chi connectivity index (χ0v) is 15.6. The third-order valence-electron chi connectivity index (χ3n) is 5.33. The van der Waals surface area contributed by atoms with E-state index < -0.39 is 9.84 Å². The Morgan fingerprint density at radius 1 is 1.20 bits per heavy atom. The number of amides is 1. The molecular weight excluding hydrogens is 340 g/mol. The third-order valence-corrected chi connectivity index (χ3v) is 7.03. The van der Waals surface area contributed by atoms with Crippen LogP contribution in [0.15, 0.2) is 29.2 Å². The van der Waals surface area contributed by atoms with E-state index in [9.17, 15) is 13.2 Å². The molecule has 1 amide bonds. The van der Waals surface area contributed by atoms with E-state index in [4.69, 9.17) is 4.74 Å². The fraction of sp³-hybridized carbons (Fsp3) is 0.611.